The van der Waals surface area contributed by atoms with E-state index in [9.17, 15) is 9.50 Å². The van der Waals surface area contributed by atoms with Gasteiger partial charge in [-0.25, -0.2) is 9.07 Å². The molecule has 7 heteroatoms. The van der Waals surface area contributed by atoms with Crippen LogP contribution in [0.2, 0.25) is 5.02 Å². The van der Waals surface area contributed by atoms with Gasteiger partial charge in [-0.3, -0.25) is 0 Å². The molecule has 0 aliphatic heterocycles. The van der Waals surface area contributed by atoms with Crippen molar-refractivity contribution >= 4 is 27.5 Å². The molecule has 1 unspecified atom stereocenters. The highest BCUT2D eigenvalue weighted by molar-refractivity contribution is 9.10. The first-order valence-electron chi connectivity index (χ1n) is 4.68. The molecule has 1 N–H and O–H groups in total. The lowest BCUT2D eigenvalue weighted by Crippen LogP contribution is -2.08. The molecule has 1 atom stereocenters. The van der Waals surface area contributed by atoms with Gasteiger partial charge in [0.1, 0.15) is 17.6 Å². The molecule has 0 amide bonds. The van der Waals surface area contributed by atoms with Crippen LogP contribution in [0.1, 0.15) is 17.4 Å². The predicted octanol–water partition coefficient (Wildman–Crippen LogP) is 2.45. The van der Waals surface area contributed by atoms with Gasteiger partial charge in [-0.15, -0.1) is 5.10 Å². The number of rotatable bonds is 2. The van der Waals surface area contributed by atoms with E-state index in [1.54, 1.807) is 7.05 Å². The molecular formula is C10H8BrClFN3O. The van der Waals surface area contributed by atoms with Crippen LogP contribution in [0.4, 0.5) is 4.39 Å². The highest BCUT2D eigenvalue weighted by Crippen LogP contribution is 2.31. The zero-order valence-corrected chi connectivity index (χ0v) is 11.1. The Morgan fingerprint density at radius 3 is 2.76 bits per heavy atom. The summed E-state index contributed by atoms with van der Waals surface area (Å²) in [4.78, 5) is 0. The van der Waals surface area contributed by atoms with Crippen molar-refractivity contribution in [2.45, 2.75) is 6.10 Å². The molecule has 1 aromatic carbocycles. The van der Waals surface area contributed by atoms with E-state index in [1.807, 2.05) is 0 Å². The Balaban J connectivity index is 2.47. The van der Waals surface area contributed by atoms with Crippen molar-refractivity contribution < 1.29 is 9.50 Å². The molecule has 0 spiro atoms. The summed E-state index contributed by atoms with van der Waals surface area (Å²) >= 11 is 9.06. The fourth-order valence-corrected chi connectivity index (χ4v) is 2.31. The molecule has 0 saturated carbocycles. The second kappa shape index (κ2) is 4.72. The van der Waals surface area contributed by atoms with Crippen LogP contribution in [-0.2, 0) is 7.05 Å². The van der Waals surface area contributed by atoms with Crippen LogP contribution in [-0.4, -0.2) is 20.1 Å². The number of benzene rings is 1. The van der Waals surface area contributed by atoms with Crippen molar-refractivity contribution in [2.24, 2.45) is 7.05 Å². The van der Waals surface area contributed by atoms with Crippen LogP contribution in [0, 0.1) is 5.82 Å². The Kier molecular flexibility index (Phi) is 3.46. The minimum absolute atomic E-state index is 0.158. The maximum absolute atomic E-state index is 12.9. The SMILES string of the molecule is Cn1nnc(Br)c1C(O)c1ccc(F)cc1Cl. The molecule has 0 aliphatic carbocycles. The molecule has 0 saturated heterocycles. The summed E-state index contributed by atoms with van der Waals surface area (Å²) in [6.07, 6.45) is -1.02. The molecule has 2 rings (SSSR count). The fraction of sp³-hybridized carbons (Fsp3) is 0.200. The van der Waals surface area contributed by atoms with Gasteiger partial charge in [0, 0.05) is 17.6 Å². The van der Waals surface area contributed by atoms with E-state index in [0.29, 0.717) is 15.9 Å². The molecule has 1 heterocycles. The van der Waals surface area contributed by atoms with Crippen LogP contribution in [0.25, 0.3) is 0 Å². The highest BCUT2D eigenvalue weighted by atomic mass is 79.9. The summed E-state index contributed by atoms with van der Waals surface area (Å²) in [5, 5.41) is 17.8. The summed E-state index contributed by atoms with van der Waals surface area (Å²) in [5.74, 6) is -0.451. The lowest BCUT2D eigenvalue weighted by Gasteiger charge is -2.12. The van der Waals surface area contributed by atoms with Gasteiger partial charge >= 0.3 is 0 Å². The molecule has 2 aromatic rings. The molecule has 1 aromatic heterocycles. The normalized spacial score (nSPS) is 12.8. The van der Waals surface area contributed by atoms with Crippen LogP contribution >= 0.6 is 27.5 Å². The van der Waals surface area contributed by atoms with E-state index in [1.165, 1.54) is 16.8 Å². The van der Waals surface area contributed by atoms with E-state index < -0.39 is 11.9 Å². The molecular weight excluding hydrogens is 312 g/mol. The Morgan fingerprint density at radius 2 is 2.24 bits per heavy atom. The van der Waals surface area contributed by atoms with Gasteiger partial charge in [-0.2, -0.15) is 0 Å². The van der Waals surface area contributed by atoms with Gasteiger partial charge in [0.25, 0.3) is 0 Å². The molecule has 0 fully saturated rings. The average molecular weight is 321 g/mol. The zero-order chi connectivity index (χ0) is 12.6. The lowest BCUT2D eigenvalue weighted by atomic mass is 10.1. The van der Waals surface area contributed by atoms with Gasteiger partial charge in [0.05, 0.1) is 0 Å². The Labute approximate surface area is 110 Å². The Bertz CT molecular complexity index is 541. The number of aliphatic hydroxyl groups excluding tert-OH is 1. The van der Waals surface area contributed by atoms with Crippen LogP contribution in [0.5, 0.6) is 0 Å². The summed E-state index contributed by atoms with van der Waals surface area (Å²) in [6.45, 7) is 0. The molecule has 0 bridgehead atoms. The summed E-state index contributed by atoms with van der Waals surface area (Å²) in [5.41, 5.74) is 0.859. The standard InChI is InChI=1S/C10H8BrClFN3O/c1-16-8(10(11)14-15-16)9(17)6-3-2-5(13)4-7(6)12/h2-4,9,17H,1H3. The summed E-state index contributed by atoms with van der Waals surface area (Å²) < 4.78 is 14.8. The number of aromatic nitrogens is 3. The number of hydrogen-bond acceptors (Lipinski definition) is 3. The van der Waals surface area contributed by atoms with Gasteiger partial charge in [0.2, 0.25) is 0 Å². The van der Waals surface area contributed by atoms with E-state index in [2.05, 4.69) is 26.2 Å². The smallest absolute Gasteiger partial charge is 0.154 e. The van der Waals surface area contributed by atoms with E-state index in [4.69, 9.17) is 11.6 Å². The second-order valence-corrected chi connectivity index (χ2v) is 4.62. The van der Waals surface area contributed by atoms with E-state index in [0.717, 1.165) is 6.07 Å². The third-order valence-electron chi connectivity index (χ3n) is 2.34. The van der Waals surface area contributed by atoms with Crippen LogP contribution < -0.4 is 0 Å². The Morgan fingerprint density at radius 1 is 1.53 bits per heavy atom. The number of halogens is 3. The van der Waals surface area contributed by atoms with Crippen LogP contribution in [0.15, 0.2) is 22.8 Å². The van der Waals surface area contributed by atoms with Gasteiger partial charge in [-0.1, -0.05) is 22.9 Å². The quantitative estimate of drug-likeness (QED) is 0.925. The monoisotopic (exact) mass is 319 g/mol. The first-order valence-corrected chi connectivity index (χ1v) is 5.86. The number of aliphatic hydroxyl groups is 1. The van der Waals surface area contributed by atoms with E-state index in [-0.39, 0.29) is 5.02 Å². The number of aryl methyl sites for hydroxylation is 1. The van der Waals surface area contributed by atoms with Crippen molar-refractivity contribution in [3.63, 3.8) is 0 Å². The maximum Gasteiger partial charge on any atom is 0.154 e. The van der Waals surface area contributed by atoms with Gasteiger partial charge in [0.15, 0.2) is 4.60 Å². The summed E-state index contributed by atoms with van der Waals surface area (Å²) in [6, 6.07) is 3.82. The molecule has 0 aliphatic rings. The van der Waals surface area contributed by atoms with Gasteiger partial charge < -0.3 is 5.11 Å². The second-order valence-electron chi connectivity index (χ2n) is 3.46. The maximum atomic E-state index is 12.9. The van der Waals surface area contributed by atoms with Crippen molar-refractivity contribution in [3.8, 4) is 0 Å². The fourth-order valence-electron chi connectivity index (χ4n) is 1.50. The predicted molar refractivity (Wildman–Crippen MR) is 64.2 cm³/mol. The van der Waals surface area contributed by atoms with Gasteiger partial charge in [-0.05, 0) is 28.1 Å². The zero-order valence-electron chi connectivity index (χ0n) is 8.73. The van der Waals surface area contributed by atoms with Crippen LogP contribution in [0.3, 0.4) is 0 Å². The third kappa shape index (κ3) is 2.34. The van der Waals surface area contributed by atoms with Crippen molar-refractivity contribution in [3.05, 3.63) is 44.9 Å². The van der Waals surface area contributed by atoms with Crippen molar-refractivity contribution in [1.82, 2.24) is 15.0 Å². The first kappa shape index (κ1) is 12.5. The number of nitrogens with zero attached hydrogens (tertiary/aromatic N) is 3. The van der Waals surface area contributed by atoms with Crippen molar-refractivity contribution in [1.29, 1.82) is 0 Å². The topological polar surface area (TPSA) is 50.9 Å². The minimum atomic E-state index is -1.02. The lowest BCUT2D eigenvalue weighted by molar-refractivity contribution is 0.209. The first-order chi connectivity index (χ1) is 8.00. The van der Waals surface area contributed by atoms with E-state index >= 15 is 0 Å². The third-order valence-corrected chi connectivity index (χ3v) is 3.23. The highest BCUT2D eigenvalue weighted by Gasteiger charge is 2.21. The van der Waals surface area contributed by atoms with Crippen molar-refractivity contribution in [2.75, 3.05) is 0 Å². The average Bonchev–Trinajstić information content (AvgIpc) is 2.58. The number of hydrogen-bond donors (Lipinski definition) is 1. The summed E-state index contributed by atoms with van der Waals surface area (Å²) in [7, 11) is 1.65. The molecule has 90 valence electrons. The Hall–Kier alpha value is -0.980. The largest absolute Gasteiger partial charge is 0.382 e. The molecule has 17 heavy (non-hydrogen) atoms. The minimum Gasteiger partial charge on any atom is -0.382 e. The molecule has 0 radical (unpaired) electrons. The molecule has 4 nitrogen and oxygen atoms in total.